The lowest BCUT2D eigenvalue weighted by atomic mass is 9.72. The number of para-hydroxylation sites is 2. The second-order valence-electron chi connectivity index (χ2n) is 22.8. The Morgan fingerprint density at radius 2 is 0.687 bits per heavy atom. The maximum absolute atomic E-state index is 2.51. The third-order valence-corrected chi connectivity index (χ3v) is 18.3. The molecule has 0 saturated carbocycles. The number of rotatable bonds is 8. The Morgan fingerprint density at radius 1 is 0.277 bits per heavy atom. The van der Waals surface area contributed by atoms with Crippen molar-refractivity contribution in [2.24, 2.45) is 0 Å². The molecule has 2 aromatic heterocycles. The standard InChI is InChI=1S/C81H54N2/c1-3-14-62-49-66(39-35-57(62)11-1)82-77-19-9-6-16-70(77)72-47-55(29-43-79(72)82)23-21-53-25-31-59(32-26-53)64-37-41-68-69-42-38-65(52-76(69)81(75(68)51-64)46-45-61-13-5-8-18-74(61)81)60-33-27-54(28-34-60)22-24-56-30-44-80-73(48-56)71-17-7-10-20-78(71)83(80)67-40-36-58-12-2-4-15-63(58)50-67/h1-44,47-52H,45-46H2/b23-21+,24-22+. The predicted molar refractivity (Wildman–Crippen MR) is 352 cm³/mol. The average Bonchev–Trinajstić information content (AvgIpc) is 2.22. The largest absolute Gasteiger partial charge is 0.309 e. The summed E-state index contributed by atoms with van der Waals surface area (Å²) in [6.45, 7) is 0. The maximum Gasteiger partial charge on any atom is 0.0541 e. The molecule has 2 heterocycles. The van der Waals surface area contributed by atoms with Crippen molar-refractivity contribution in [3.63, 3.8) is 0 Å². The predicted octanol–water partition coefficient (Wildman–Crippen LogP) is 21.1. The van der Waals surface area contributed by atoms with Gasteiger partial charge in [0.25, 0.3) is 0 Å². The first-order chi connectivity index (χ1) is 41.1. The SMILES string of the molecule is C(=C\c1ccc2c(c1)c1ccccc1n2-c1ccc2ccccc2c1)/c1ccc(-c2ccc3c(c2)C2(CCc4ccccc42)c2cc(-c4ccc(/C=C/c5ccc6c(c5)c5ccccc5n6-c5ccc6ccccc6c5)cc4)ccc2-3)cc1. The molecule has 0 atom stereocenters. The molecule has 0 N–H and O–H groups in total. The number of nitrogens with zero attached hydrogens (tertiary/aromatic N) is 2. The summed E-state index contributed by atoms with van der Waals surface area (Å²) in [6, 6.07) is 104. The molecule has 1 spiro atoms. The van der Waals surface area contributed by atoms with Crippen molar-refractivity contribution < 1.29 is 0 Å². The van der Waals surface area contributed by atoms with Gasteiger partial charge in [0.15, 0.2) is 0 Å². The Kier molecular flexibility index (Phi) is 10.7. The molecule has 0 amide bonds. The van der Waals surface area contributed by atoms with Crippen LogP contribution in [0.25, 0.3) is 134 Å². The van der Waals surface area contributed by atoms with E-state index in [0.717, 1.165) is 12.8 Å². The van der Waals surface area contributed by atoms with E-state index < -0.39 is 0 Å². The zero-order chi connectivity index (χ0) is 54.6. The maximum atomic E-state index is 2.51. The lowest BCUT2D eigenvalue weighted by Gasteiger charge is -2.29. The zero-order valence-corrected chi connectivity index (χ0v) is 45.7. The highest BCUT2D eigenvalue weighted by Crippen LogP contribution is 2.59. The van der Waals surface area contributed by atoms with E-state index >= 15 is 0 Å². The first-order valence-corrected chi connectivity index (χ1v) is 29.1. The van der Waals surface area contributed by atoms with E-state index in [-0.39, 0.29) is 5.41 Å². The van der Waals surface area contributed by atoms with Gasteiger partial charge in [-0.25, -0.2) is 0 Å². The van der Waals surface area contributed by atoms with E-state index in [9.17, 15) is 0 Å². The average molecular weight is 1060 g/mol. The molecule has 2 nitrogen and oxygen atoms in total. The van der Waals surface area contributed by atoms with Crippen LogP contribution in [0.3, 0.4) is 0 Å². The van der Waals surface area contributed by atoms with Gasteiger partial charge in [-0.15, -0.1) is 0 Å². The first kappa shape index (κ1) is 47.3. The molecule has 17 rings (SSSR count). The monoisotopic (exact) mass is 1050 g/mol. The molecule has 388 valence electrons. The molecular formula is C81H54N2. The van der Waals surface area contributed by atoms with Gasteiger partial charge < -0.3 is 9.13 Å². The minimum Gasteiger partial charge on any atom is -0.309 e. The third kappa shape index (κ3) is 7.64. The van der Waals surface area contributed by atoms with Crippen LogP contribution in [0.15, 0.2) is 279 Å². The van der Waals surface area contributed by atoms with Crippen LogP contribution in [0.2, 0.25) is 0 Å². The Bertz CT molecular complexity index is 4900. The fraction of sp³-hybridized carbons (Fsp3) is 0.0370. The van der Waals surface area contributed by atoms with Crippen molar-refractivity contribution in [2.75, 3.05) is 0 Å². The molecule has 0 saturated heterocycles. The molecule has 0 radical (unpaired) electrons. The van der Waals surface area contributed by atoms with Gasteiger partial charge in [0, 0.05) is 38.3 Å². The number of fused-ring (bicyclic) bond motifs is 15. The summed E-state index contributed by atoms with van der Waals surface area (Å²) < 4.78 is 4.81. The lowest BCUT2D eigenvalue weighted by molar-refractivity contribution is 0.626. The van der Waals surface area contributed by atoms with Gasteiger partial charge >= 0.3 is 0 Å². The van der Waals surface area contributed by atoms with Gasteiger partial charge in [0.1, 0.15) is 0 Å². The molecular weight excluding hydrogens is 1000 g/mol. The molecule has 2 heteroatoms. The van der Waals surface area contributed by atoms with E-state index in [0.29, 0.717) is 0 Å². The third-order valence-electron chi connectivity index (χ3n) is 18.3. The van der Waals surface area contributed by atoms with Gasteiger partial charge in [0.2, 0.25) is 0 Å². The molecule has 2 aliphatic carbocycles. The van der Waals surface area contributed by atoms with E-state index in [2.05, 4.69) is 312 Å². The van der Waals surface area contributed by atoms with Gasteiger partial charge in [-0.05, 0) is 185 Å². The summed E-state index contributed by atoms with van der Waals surface area (Å²) in [5.41, 5.74) is 25.1. The van der Waals surface area contributed by atoms with Gasteiger partial charge in [-0.2, -0.15) is 0 Å². The van der Waals surface area contributed by atoms with Crippen LogP contribution in [0.1, 0.15) is 50.9 Å². The van der Waals surface area contributed by atoms with Crippen LogP contribution >= 0.6 is 0 Å². The zero-order valence-electron chi connectivity index (χ0n) is 45.7. The van der Waals surface area contributed by atoms with Crippen LogP contribution in [0.4, 0.5) is 0 Å². The summed E-state index contributed by atoms with van der Waals surface area (Å²) >= 11 is 0. The molecule has 15 aromatic rings. The number of hydrogen-bond acceptors (Lipinski definition) is 0. The highest BCUT2D eigenvalue weighted by atomic mass is 15.0. The van der Waals surface area contributed by atoms with Crippen molar-refractivity contribution in [3.05, 3.63) is 324 Å². The highest BCUT2D eigenvalue weighted by Gasteiger charge is 2.48. The molecule has 2 aliphatic rings. The van der Waals surface area contributed by atoms with Gasteiger partial charge in [0.05, 0.1) is 22.1 Å². The number of hydrogen-bond donors (Lipinski definition) is 0. The van der Waals surface area contributed by atoms with E-state index in [1.807, 2.05) is 0 Å². The number of aromatic nitrogens is 2. The molecule has 83 heavy (non-hydrogen) atoms. The highest BCUT2D eigenvalue weighted by molar-refractivity contribution is 6.11. The van der Waals surface area contributed by atoms with E-state index in [4.69, 9.17) is 0 Å². The van der Waals surface area contributed by atoms with Crippen LogP contribution in [-0.4, -0.2) is 9.13 Å². The Labute approximate surface area is 482 Å². The normalized spacial score (nSPS) is 13.4. The van der Waals surface area contributed by atoms with Crippen molar-refractivity contribution in [2.45, 2.75) is 18.3 Å². The number of benzene rings is 13. The summed E-state index contributed by atoms with van der Waals surface area (Å²) in [5, 5.41) is 10.0. The quantitative estimate of drug-likeness (QED) is 0.134. The Morgan fingerprint density at radius 3 is 1.20 bits per heavy atom. The van der Waals surface area contributed by atoms with Crippen LogP contribution < -0.4 is 0 Å². The second-order valence-corrected chi connectivity index (χ2v) is 22.8. The molecule has 0 fully saturated rings. The fourth-order valence-corrected chi connectivity index (χ4v) is 14.3. The van der Waals surface area contributed by atoms with Gasteiger partial charge in [-0.1, -0.05) is 231 Å². The molecule has 0 aliphatic heterocycles. The lowest BCUT2D eigenvalue weighted by Crippen LogP contribution is -2.23. The summed E-state index contributed by atoms with van der Waals surface area (Å²) in [4.78, 5) is 0. The summed E-state index contributed by atoms with van der Waals surface area (Å²) in [5.74, 6) is 0. The van der Waals surface area contributed by atoms with Crippen molar-refractivity contribution in [1.29, 1.82) is 0 Å². The second kappa shape index (κ2) is 18.8. The summed E-state index contributed by atoms with van der Waals surface area (Å²) in [6.07, 6.45) is 11.1. The Balaban J connectivity index is 0.646. The fourth-order valence-electron chi connectivity index (χ4n) is 14.3. The number of aryl methyl sites for hydroxylation is 1. The van der Waals surface area contributed by atoms with Crippen molar-refractivity contribution in [3.8, 4) is 44.8 Å². The summed E-state index contributed by atoms with van der Waals surface area (Å²) in [7, 11) is 0. The topological polar surface area (TPSA) is 9.86 Å². The smallest absolute Gasteiger partial charge is 0.0541 e. The Hall–Kier alpha value is -10.5. The van der Waals surface area contributed by atoms with Crippen molar-refractivity contribution in [1.82, 2.24) is 9.13 Å². The molecule has 0 bridgehead atoms. The van der Waals surface area contributed by atoms with Crippen molar-refractivity contribution >= 4 is 89.5 Å². The minimum absolute atomic E-state index is 0.218. The van der Waals surface area contributed by atoms with Crippen LogP contribution in [0, 0.1) is 0 Å². The van der Waals surface area contributed by atoms with E-state index in [1.165, 1.54) is 154 Å². The first-order valence-electron chi connectivity index (χ1n) is 29.1. The van der Waals surface area contributed by atoms with Crippen LogP contribution in [-0.2, 0) is 11.8 Å². The van der Waals surface area contributed by atoms with Gasteiger partial charge in [-0.3, -0.25) is 0 Å². The van der Waals surface area contributed by atoms with Crippen LogP contribution in [0.5, 0.6) is 0 Å². The minimum atomic E-state index is -0.218. The van der Waals surface area contributed by atoms with E-state index in [1.54, 1.807) is 0 Å². The molecule has 0 unspecified atom stereocenters. The molecule has 13 aromatic carbocycles.